The summed E-state index contributed by atoms with van der Waals surface area (Å²) < 4.78 is 0. The topological polar surface area (TPSA) is 37.3 Å². The molecule has 0 saturated heterocycles. The Morgan fingerprint density at radius 1 is 0.684 bits per heavy atom. The zero-order valence-corrected chi connectivity index (χ0v) is 18.5. The molecule has 1 N–H and O–H groups in total. The van der Waals surface area contributed by atoms with Gasteiger partial charge in [0.15, 0.2) is 0 Å². The van der Waals surface area contributed by atoms with Crippen LogP contribution < -0.4 is 0 Å². The molecule has 0 aromatic carbocycles. The Bertz CT molecular complexity index is 184. The molecule has 0 bridgehead atoms. The molecular formula is C16H32HgO2. The first-order valence-electron chi connectivity index (χ1n) is 7.99. The molecule has 0 heterocycles. The Labute approximate surface area is 140 Å². The van der Waals surface area contributed by atoms with Crippen molar-refractivity contribution < 1.29 is 37.6 Å². The Hall–Kier alpha value is 0.405. The Morgan fingerprint density at radius 2 is 1.00 bits per heavy atom. The predicted octanol–water partition coefficient (Wildman–Crippen LogP) is 5.55. The van der Waals surface area contributed by atoms with Crippen molar-refractivity contribution in [2.24, 2.45) is 0 Å². The number of carbonyl (C=O) groups is 1. The van der Waals surface area contributed by atoms with E-state index in [1.807, 2.05) is 0 Å². The number of hydrogen-bond donors (Lipinski definition) is 1. The number of carboxylic acids is 1. The van der Waals surface area contributed by atoms with Crippen LogP contribution in [0.15, 0.2) is 0 Å². The van der Waals surface area contributed by atoms with E-state index < -0.39 is 5.97 Å². The van der Waals surface area contributed by atoms with Gasteiger partial charge in [0.25, 0.3) is 0 Å². The van der Waals surface area contributed by atoms with Crippen molar-refractivity contribution in [3.05, 3.63) is 0 Å². The van der Waals surface area contributed by atoms with Crippen LogP contribution in [0.4, 0.5) is 0 Å². The fourth-order valence-corrected chi connectivity index (χ4v) is 2.29. The fraction of sp³-hybridized carbons (Fsp3) is 0.938. The largest absolute Gasteiger partial charge is 0.481 e. The van der Waals surface area contributed by atoms with Crippen molar-refractivity contribution in [1.82, 2.24) is 0 Å². The second-order valence-electron chi connectivity index (χ2n) is 5.39. The van der Waals surface area contributed by atoms with Gasteiger partial charge in [0, 0.05) is 34.1 Å². The molecule has 0 atom stereocenters. The van der Waals surface area contributed by atoms with Crippen LogP contribution in [-0.4, -0.2) is 11.1 Å². The van der Waals surface area contributed by atoms with Crippen LogP contribution in [0.2, 0.25) is 0 Å². The van der Waals surface area contributed by atoms with E-state index in [-0.39, 0.29) is 27.7 Å². The molecule has 2 nitrogen and oxygen atoms in total. The number of unbranched alkanes of at least 4 members (excludes halogenated alkanes) is 12. The maximum atomic E-state index is 10.3. The van der Waals surface area contributed by atoms with Gasteiger partial charge in [0.1, 0.15) is 0 Å². The van der Waals surface area contributed by atoms with E-state index >= 15 is 0 Å². The van der Waals surface area contributed by atoms with Crippen molar-refractivity contribution >= 4 is 5.97 Å². The summed E-state index contributed by atoms with van der Waals surface area (Å²) in [5.41, 5.74) is 0. The first-order valence-corrected chi connectivity index (χ1v) is 7.99. The van der Waals surface area contributed by atoms with E-state index in [1.54, 1.807) is 0 Å². The van der Waals surface area contributed by atoms with E-state index in [1.165, 1.54) is 70.6 Å². The molecule has 0 radical (unpaired) electrons. The average molecular weight is 457 g/mol. The van der Waals surface area contributed by atoms with Crippen LogP contribution in [0.5, 0.6) is 0 Å². The van der Waals surface area contributed by atoms with Crippen LogP contribution in [-0.2, 0) is 32.5 Å². The summed E-state index contributed by atoms with van der Waals surface area (Å²) in [4.78, 5) is 10.3. The molecule has 0 rings (SSSR count). The number of aliphatic carboxylic acids is 1. The van der Waals surface area contributed by atoms with Crippen LogP contribution in [0.3, 0.4) is 0 Å². The Kier molecular flexibility index (Phi) is 21.0. The molecule has 0 aliphatic rings. The summed E-state index contributed by atoms with van der Waals surface area (Å²) in [6.07, 6.45) is 17.3. The van der Waals surface area contributed by atoms with Gasteiger partial charge >= 0.3 is 5.97 Å². The minimum absolute atomic E-state index is 0. The zero-order chi connectivity index (χ0) is 13.5. The van der Waals surface area contributed by atoms with Crippen LogP contribution >= 0.6 is 0 Å². The van der Waals surface area contributed by atoms with Crippen molar-refractivity contribution in [1.29, 1.82) is 0 Å². The minimum atomic E-state index is -0.655. The SMILES string of the molecule is CCCCCCCCCCCCCCCC(=O)O.[Hg]. The Morgan fingerprint density at radius 3 is 1.32 bits per heavy atom. The number of carboxylic acid groups (broad SMARTS) is 1. The molecule has 0 spiro atoms. The second kappa shape index (κ2) is 18.4. The maximum Gasteiger partial charge on any atom is 0.303 e. The summed E-state index contributed by atoms with van der Waals surface area (Å²) in [6, 6.07) is 0. The molecule has 0 aliphatic carbocycles. The van der Waals surface area contributed by atoms with Gasteiger partial charge in [0.2, 0.25) is 0 Å². The first kappa shape index (κ1) is 21.7. The van der Waals surface area contributed by atoms with Crippen molar-refractivity contribution in [2.45, 2.75) is 96.8 Å². The molecule has 0 aromatic heterocycles. The molecular weight excluding hydrogens is 425 g/mol. The molecule has 110 valence electrons. The van der Waals surface area contributed by atoms with E-state index in [0.29, 0.717) is 6.42 Å². The van der Waals surface area contributed by atoms with Crippen LogP contribution in [0, 0.1) is 0 Å². The van der Waals surface area contributed by atoms with Gasteiger partial charge in [-0.25, -0.2) is 0 Å². The van der Waals surface area contributed by atoms with Gasteiger partial charge in [-0.3, -0.25) is 4.79 Å². The predicted molar refractivity (Wildman–Crippen MR) is 77.9 cm³/mol. The third-order valence-electron chi connectivity index (χ3n) is 3.49. The minimum Gasteiger partial charge on any atom is -0.481 e. The van der Waals surface area contributed by atoms with Crippen molar-refractivity contribution in [2.75, 3.05) is 0 Å². The van der Waals surface area contributed by atoms with Gasteiger partial charge in [-0.2, -0.15) is 0 Å². The standard InChI is InChI=1S/C16H32O2.Hg/c1-2-3-4-5-6-7-8-9-10-11-12-13-14-15-16(17)18;/h2-15H2,1H3,(H,17,18);. The zero-order valence-electron chi connectivity index (χ0n) is 13.0. The molecule has 0 saturated carbocycles. The van der Waals surface area contributed by atoms with Crippen LogP contribution in [0.25, 0.3) is 0 Å². The Balaban J connectivity index is 0. The summed E-state index contributed by atoms with van der Waals surface area (Å²) >= 11 is 0. The quantitative estimate of drug-likeness (QED) is 0.275. The first-order chi connectivity index (χ1) is 8.77. The van der Waals surface area contributed by atoms with E-state index in [9.17, 15) is 4.79 Å². The fourth-order valence-electron chi connectivity index (χ4n) is 2.29. The number of rotatable bonds is 14. The third-order valence-corrected chi connectivity index (χ3v) is 3.49. The summed E-state index contributed by atoms with van der Waals surface area (Å²) in [7, 11) is 0. The van der Waals surface area contributed by atoms with Gasteiger partial charge in [-0.05, 0) is 6.42 Å². The summed E-state index contributed by atoms with van der Waals surface area (Å²) in [5.74, 6) is -0.655. The van der Waals surface area contributed by atoms with Crippen molar-refractivity contribution in [3.63, 3.8) is 0 Å². The van der Waals surface area contributed by atoms with Gasteiger partial charge in [0.05, 0.1) is 0 Å². The normalized spacial score (nSPS) is 10.2. The molecule has 0 fully saturated rings. The second-order valence-corrected chi connectivity index (χ2v) is 5.39. The van der Waals surface area contributed by atoms with E-state index in [4.69, 9.17) is 5.11 Å². The number of hydrogen-bond acceptors (Lipinski definition) is 1. The monoisotopic (exact) mass is 458 g/mol. The van der Waals surface area contributed by atoms with Gasteiger partial charge in [-0.1, -0.05) is 84.0 Å². The van der Waals surface area contributed by atoms with E-state index in [2.05, 4.69) is 6.92 Å². The summed E-state index contributed by atoms with van der Waals surface area (Å²) in [5, 5.41) is 8.49. The maximum absolute atomic E-state index is 10.3. The summed E-state index contributed by atoms with van der Waals surface area (Å²) in [6.45, 7) is 2.26. The average Bonchev–Trinajstić information content (AvgIpc) is 2.34. The van der Waals surface area contributed by atoms with Crippen LogP contribution in [0.1, 0.15) is 96.8 Å². The van der Waals surface area contributed by atoms with E-state index in [0.717, 1.165) is 12.8 Å². The molecule has 0 amide bonds. The van der Waals surface area contributed by atoms with Gasteiger partial charge in [-0.15, -0.1) is 0 Å². The molecule has 0 aromatic rings. The molecule has 3 heteroatoms. The molecule has 0 aliphatic heterocycles. The van der Waals surface area contributed by atoms with Gasteiger partial charge < -0.3 is 5.11 Å². The van der Waals surface area contributed by atoms with Crippen molar-refractivity contribution in [3.8, 4) is 0 Å². The smallest absolute Gasteiger partial charge is 0.303 e. The molecule has 0 unspecified atom stereocenters. The third kappa shape index (κ3) is 20.9. The molecule has 19 heavy (non-hydrogen) atoms.